The average Bonchev–Trinajstić information content (AvgIpc) is 3.43. The lowest BCUT2D eigenvalue weighted by atomic mass is 10.1. The van der Waals surface area contributed by atoms with Crippen molar-refractivity contribution in [2.45, 2.75) is 24.0 Å². The number of carbonyl (C=O) groups excluding carboxylic acids is 4. The summed E-state index contributed by atoms with van der Waals surface area (Å²) < 4.78 is 0. The molecule has 1 unspecified atom stereocenters. The summed E-state index contributed by atoms with van der Waals surface area (Å²) in [5, 5.41) is 21.2. The van der Waals surface area contributed by atoms with Gasteiger partial charge >= 0.3 is 0 Å². The van der Waals surface area contributed by atoms with Crippen molar-refractivity contribution in [2.75, 3.05) is 16.0 Å². The van der Waals surface area contributed by atoms with Crippen LogP contribution in [0.2, 0.25) is 5.02 Å². The van der Waals surface area contributed by atoms with Crippen molar-refractivity contribution < 1.29 is 19.2 Å². The average molecular weight is 720 g/mol. The van der Waals surface area contributed by atoms with Gasteiger partial charge in [0.05, 0.1) is 15.7 Å². The van der Waals surface area contributed by atoms with Gasteiger partial charge in [0.2, 0.25) is 5.91 Å². The maximum atomic E-state index is 13.5. The summed E-state index contributed by atoms with van der Waals surface area (Å²) in [7, 11) is 0. The molecule has 1 aromatic heterocycles. The van der Waals surface area contributed by atoms with E-state index in [2.05, 4.69) is 27.3 Å². The topological polar surface area (TPSA) is 140 Å². The van der Waals surface area contributed by atoms with Crippen molar-refractivity contribution in [2.24, 2.45) is 0 Å². The van der Waals surface area contributed by atoms with Gasteiger partial charge in [0.25, 0.3) is 17.7 Å². The number of benzene rings is 4. The van der Waals surface area contributed by atoms with Crippen molar-refractivity contribution in [3.05, 3.63) is 147 Å². The molecule has 0 bridgehead atoms. The number of thioether (sulfide) groups is 1. The molecule has 4 N–H and O–H groups in total. The minimum atomic E-state index is -0.609. The molecule has 0 aliphatic carbocycles. The van der Waals surface area contributed by atoms with Crippen LogP contribution in [0.25, 0.3) is 6.08 Å². The predicted molar refractivity (Wildman–Crippen MR) is 201 cm³/mol. The molecular weight excluding hydrogens is 690 g/mol. The van der Waals surface area contributed by atoms with E-state index in [1.54, 1.807) is 123 Å². The standard InChI is InChI=1S/C38H30ClN5O4S2/c1-23-31(22-40)38(50-33(23)37(48)41-28-12-7-4-8-13-28)44-34(45)24(2)49-30-15-9-14-29(21-30)42-36(47)32(20-25-16-18-27(39)19-17-25)43-35(46)26-10-5-3-6-11-26/h3-21,24H,1-2H3,(H,41,48)(H,42,47)(H,43,46)(H,44,45)/b32-20+. The van der Waals surface area contributed by atoms with Gasteiger partial charge in [-0.3, -0.25) is 19.2 Å². The highest BCUT2D eigenvalue weighted by atomic mass is 35.5. The van der Waals surface area contributed by atoms with Gasteiger partial charge in [-0.05, 0) is 85.6 Å². The molecular formula is C38H30ClN5O4S2. The Morgan fingerprint density at radius 1 is 0.820 bits per heavy atom. The summed E-state index contributed by atoms with van der Waals surface area (Å²) in [5.74, 6) is -1.74. The number of nitriles is 1. The Labute approximate surface area is 302 Å². The fourth-order valence-corrected chi connectivity index (χ4v) is 6.75. The third-order valence-corrected chi connectivity index (χ3v) is 9.77. The molecule has 0 saturated heterocycles. The Morgan fingerprint density at radius 2 is 1.48 bits per heavy atom. The third-order valence-electron chi connectivity index (χ3n) is 7.22. The number of para-hydroxylation sites is 1. The number of halogens is 1. The van der Waals surface area contributed by atoms with Crippen LogP contribution in [0, 0.1) is 18.3 Å². The van der Waals surface area contributed by atoms with Gasteiger partial charge in [0.15, 0.2) is 0 Å². The number of anilines is 3. The summed E-state index contributed by atoms with van der Waals surface area (Å²) in [4.78, 5) is 53.7. The van der Waals surface area contributed by atoms with Gasteiger partial charge in [-0.25, -0.2) is 0 Å². The summed E-state index contributed by atoms with van der Waals surface area (Å²) >= 11 is 8.31. The van der Waals surface area contributed by atoms with Crippen molar-refractivity contribution >= 4 is 80.8 Å². The Bertz CT molecular complexity index is 2110. The van der Waals surface area contributed by atoms with E-state index >= 15 is 0 Å². The third kappa shape index (κ3) is 9.27. The van der Waals surface area contributed by atoms with Gasteiger partial charge in [-0.1, -0.05) is 66.2 Å². The maximum absolute atomic E-state index is 13.5. The Hall–Kier alpha value is -5.67. The molecule has 5 rings (SSSR count). The highest BCUT2D eigenvalue weighted by molar-refractivity contribution is 8.00. The quantitative estimate of drug-likeness (QED) is 0.0799. The van der Waals surface area contributed by atoms with Gasteiger partial charge in [0.1, 0.15) is 16.8 Å². The highest BCUT2D eigenvalue weighted by Crippen LogP contribution is 2.34. The van der Waals surface area contributed by atoms with E-state index in [0.717, 1.165) is 11.3 Å². The van der Waals surface area contributed by atoms with E-state index in [1.807, 2.05) is 6.07 Å². The van der Waals surface area contributed by atoms with Crippen LogP contribution in [0.4, 0.5) is 16.4 Å². The Kier molecular flexibility index (Phi) is 11.9. The molecule has 250 valence electrons. The molecule has 0 saturated carbocycles. The highest BCUT2D eigenvalue weighted by Gasteiger charge is 2.24. The van der Waals surface area contributed by atoms with Crippen LogP contribution in [0.1, 0.15) is 43.6 Å². The molecule has 0 radical (unpaired) electrons. The van der Waals surface area contributed by atoms with E-state index in [1.165, 1.54) is 11.8 Å². The fraction of sp³-hybridized carbons (Fsp3) is 0.0789. The lowest BCUT2D eigenvalue weighted by Crippen LogP contribution is -2.30. The number of carbonyl (C=O) groups is 4. The largest absolute Gasteiger partial charge is 0.321 e. The number of nitrogens with one attached hydrogen (secondary N) is 4. The lowest BCUT2D eigenvalue weighted by Gasteiger charge is -2.14. The van der Waals surface area contributed by atoms with Gasteiger partial charge in [-0.15, -0.1) is 23.1 Å². The molecule has 0 aliphatic heterocycles. The second-order valence-corrected chi connectivity index (χ2v) is 13.7. The van der Waals surface area contributed by atoms with Crippen LogP contribution in [0.5, 0.6) is 0 Å². The summed E-state index contributed by atoms with van der Waals surface area (Å²) in [6.45, 7) is 3.39. The molecule has 5 aromatic rings. The van der Waals surface area contributed by atoms with Crippen LogP contribution >= 0.6 is 34.7 Å². The number of thiophene rings is 1. The first kappa shape index (κ1) is 35.6. The molecule has 0 fully saturated rings. The molecule has 50 heavy (non-hydrogen) atoms. The van der Waals surface area contributed by atoms with E-state index in [-0.39, 0.29) is 23.1 Å². The second kappa shape index (κ2) is 16.6. The Morgan fingerprint density at radius 3 is 2.16 bits per heavy atom. The maximum Gasteiger partial charge on any atom is 0.272 e. The molecule has 9 nitrogen and oxygen atoms in total. The Balaban J connectivity index is 1.27. The second-order valence-electron chi connectivity index (χ2n) is 10.9. The number of amides is 4. The SMILES string of the molecule is Cc1c(C(=O)Nc2ccccc2)sc(NC(=O)C(C)Sc2cccc(NC(=O)/C(=C\c3ccc(Cl)cc3)NC(=O)c3ccccc3)c2)c1C#N. The van der Waals surface area contributed by atoms with Crippen LogP contribution < -0.4 is 21.3 Å². The van der Waals surface area contributed by atoms with Crippen LogP contribution in [0.3, 0.4) is 0 Å². The van der Waals surface area contributed by atoms with Crippen molar-refractivity contribution in [3.8, 4) is 6.07 Å². The smallest absolute Gasteiger partial charge is 0.272 e. The zero-order valence-corrected chi connectivity index (χ0v) is 29.2. The molecule has 12 heteroatoms. The zero-order valence-electron chi connectivity index (χ0n) is 26.8. The van der Waals surface area contributed by atoms with Crippen molar-refractivity contribution in [3.63, 3.8) is 0 Å². The van der Waals surface area contributed by atoms with E-state index in [9.17, 15) is 24.4 Å². The molecule has 1 heterocycles. The van der Waals surface area contributed by atoms with Crippen molar-refractivity contribution in [1.29, 1.82) is 5.26 Å². The first-order valence-corrected chi connectivity index (χ1v) is 17.3. The van der Waals surface area contributed by atoms with Crippen LogP contribution in [-0.2, 0) is 9.59 Å². The predicted octanol–water partition coefficient (Wildman–Crippen LogP) is 8.36. The molecule has 4 amide bonds. The zero-order chi connectivity index (χ0) is 35.6. The molecule has 0 aliphatic rings. The summed E-state index contributed by atoms with van der Waals surface area (Å²) in [6, 6.07) is 33.4. The molecule has 0 spiro atoms. The number of hydrogen-bond donors (Lipinski definition) is 4. The van der Waals surface area contributed by atoms with E-state index in [0.29, 0.717) is 47.9 Å². The van der Waals surface area contributed by atoms with Crippen LogP contribution in [-0.4, -0.2) is 28.9 Å². The first-order valence-electron chi connectivity index (χ1n) is 15.2. The molecule has 1 atom stereocenters. The monoisotopic (exact) mass is 719 g/mol. The van der Waals surface area contributed by atoms with Gasteiger partial charge in [-0.2, -0.15) is 5.26 Å². The lowest BCUT2D eigenvalue weighted by molar-refractivity contribution is -0.115. The molecule has 4 aromatic carbocycles. The van der Waals surface area contributed by atoms with E-state index in [4.69, 9.17) is 11.6 Å². The van der Waals surface area contributed by atoms with Gasteiger partial charge in [0, 0.05) is 26.9 Å². The number of hydrogen-bond acceptors (Lipinski definition) is 7. The fourth-order valence-electron chi connectivity index (χ4n) is 4.65. The van der Waals surface area contributed by atoms with E-state index < -0.39 is 17.1 Å². The van der Waals surface area contributed by atoms with Crippen molar-refractivity contribution in [1.82, 2.24) is 5.32 Å². The van der Waals surface area contributed by atoms with Crippen LogP contribution in [0.15, 0.2) is 120 Å². The summed E-state index contributed by atoms with van der Waals surface area (Å²) in [6.07, 6.45) is 1.55. The van der Waals surface area contributed by atoms with Gasteiger partial charge < -0.3 is 21.3 Å². The first-order chi connectivity index (χ1) is 24.1. The number of nitrogens with zero attached hydrogens (tertiary/aromatic N) is 1. The minimum Gasteiger partial charge on any atom is -0.321 e. The minimum absolute atomic E-state index is 0.0170. The number of rotatable bonds is 11. The summed E-state index contributed by atoms with van der Waals surface area (Å²) in [5.41, 5.74) is 2.82. The normalized spacial score (nSPS) is 11.5.